The van der Waals surface area contributed by atoms with Crippen molar-refractivity contribution in [1.29, 1.82) is 0 Å². The molecule has 0 unspecified atom stereocenters. The zero-order valence-corrected chi connectivity index (χ0v) is 15.2. The molecule has 0 spiro atoms. The lowest BCUT2D eigenvalue weighted by molar-refractivity contribution is -0.129. The molecule has 0 N–H and O–H groups in total. The number of aryl methyl sites for hydroxylation is 2. The third-order valence-corrected chi connectivity index (χ3v) is 3.83. The second-order valence-electron chi connectivity index (χ2n) is 6.87. The highest BCUT2D eigenvalue weighted by atomic mass is 16.5. The fourth-order valence-corrected chi connectivity index (χ4v) is 1.98. The van der Waals surface area contributed by atoms with E-state index in [1.807, 2.05) is 13.8 Å². The Morgan fingerprint density at radius 3 is 2.28 bits per heavy atom. The van der Waals surface area contributed by atoms with Crippen LogP contribution in [0.5, 0.6) is 5.75 Å². The van der Waals surface area contributed by atoms with Gasteiger partial charge in [0, 0.05) is 5.41 Å². The van der Waals surface area contributed by atoms with Crippen molar-refractivity contribution in [2.24, 2.45) is 5.41 Å². The van der Waals surface area contributed by atoms with Gasteiger partial charge in [-0.3, -0.25) is 4.79 Å². The Bertz CT molecular complexity index is 734. The van der Waals surface area contributed by atoms with Crippen molar-refractivity contribution in [2.75, 3.05) is 6.61 Å². The molecule has 25 heavy (non-hydrogen) atoms. The topological polar surface area (TPSA) is 78.6 Å². The van der Waals surface area contributed by atoms with Crippen molar-refractivity contribution in [2.45, 2.75) is 41.2 Å². The standard InChI is InChI=1S/C19H23NO5/c1-12-16(13(2)25-20-12)10-23-15-8-6-14(7-9-15)18(22)24-11-17(21)19(3,4)5/h6-9H,10-11H2,1-5H3. The molecule has 134 valence electrons. The number of carbonyl (C=O) groups is 2. The minimum atomic E-state index is -0.533. The third-order valence-electron chi connectivity index (χ3n) is 3.83. The first kappa shape index (κ1) is 18.7. The maximum atomic E-state index is 12.0. The molecule has 1 heterocycles. The van der Waals surface area contributed by atoms with Gasteiger partial charge in [0.15, 0.2) is 12.4 Å². The van der Waals surface area contributed by atoms with Crippen LogP contribution in [-0.4, -0.2) is 23.5 Å². The van der Waals surface area contributed by atoms with Crippen molar-refractivity contribution in [1.82, 2.24) is 5.16 Å². The highest BCUT2D eigenvalue weighted by Crippen LogP contribution is 2.19. The summed E-state index contributed by atoms with van der Waals surface area (Å²) in [5, 5.41) is 3.87. The van der Waals surface area contributed by atoms with E-state index in [0.717, 1.165) is 17.0 Å². The molecule has 6 nitrogen and oxygen atoms in total. The second kappa shape index (κ2) is 7.51. The number of hydrogen-bond donors (Lipinski definition) is 0. The number of benzene rings is 1. The Balaban J connectivity index is 1.91. The van der Waals surface area contributed by atoms with Crippen molar-refractivity contribution in [3.05, 3.63) is 46.8 Å². The van der Waals surface area contributed by atoms with Gasteiger partial charge in [0.1, 0.15) is 18.1 Å². The lowest BCUT2D eigenvalue weighted by Gasteiger charge is -2.16. The van der Waals surface area contributed by atoms with Crippen molar-refractivity contribution in [3.63, 3.8) is 0 Å². The second-order valence-corrected chi connectivity index (χ2v) is 6.87. The maximum absolute atomic E-state index is 12.0. The Kier molecular flexibility index (Phi) is 5.62. The van der Waals surface area contributed by atoms with Gasteiger partial charge < -0.3 is 14.0 Å². The number of hydrogen-bond acceptors (Lipinski definition) is 6. The Morgan fingerprint density at radius 1 is 1.12 bits per heavy atom. The third kappa shape index (κ3) is 4.92. The van der Waals surface area contributed by atoms with E-state index in [1.165, 1.54) is 0 Å². The summed E-state index contributed by atoms with van der Waals surface area (Å²) in [6, 6.07) is 6.57. The van der Waals surface area contributed by atoms with Crippen LogP contribution in [0.1, 0.15) is 48.1 Å². The summed E-state index contributed by atoms with van der Waals surface area (Å²) < 4.78 is 15.8. The van der Waals surface area contributed by atoms with Crippen LogP contribution in [-0.2, 0) is 16.1 Å². The molecule has 0 saturated heterocycles. The van der Waals surface area contributed by atoms with Crippen LogP contribution >= 0.6 is 0 Å². The van der Waals surface area contributed by atoms with Gasteiger partial charge in [-0.1, -0.05) is 25.9 Å². The number of nitrogens with zero attached hydrogens (tertiary/aromatic N) is 1. The van der Waals surface area contributed by atoms with Gasteiger partial charge in [-0.15, -0.1) is 0 Å². The molecule has 1 aromatic carbocycles. The van der Waals surface area contributed by atoms with Crippen LogP contribution in [0.4, 0.5) is 0 Å². The van der Waals surface area contributed by atoms with Crippen LogP contribution < -0.4 is 4.74 Å². The summed E-state index contributed by atoms with van der Waals surface area (Å²) >= 11 is 0. The van der Waals surface area contributed by atoms with Crippen LogP contribution in [0.2, 0.25) is 0 Å². The zero-order chi connectivity index (χ0) is 18.6. The Hall–Kier alpha value is -2.63. The summed E-state index contributed by atoms with van der Waals surface area (Å²) in [6.07, 6.45) is 0. The molecule has 0 atom stereocenters. The van der Waals surface area contributed by atoms with E-state index in [2.05, 4.69) is 5.16 Å². The molecule has 0 fully saturated rings. The maximum Gasteiger partial charge on any atom is 0.338 e. The molecule has 0 aliphatic heterocycles. The Labute approximate surface area is 147 Å². The summed E-state index contributed by atoms with van der Waals surface area (Å²) in [4.78, 5) is 23.8. The van der Waals surface area contributed by atoms with Gasteiger partial charge >= 0.3 is 5.97 Å². The number of aromatic nitrogens is 1. The average Bonchev–Trinajstić information content (AvgIpc) is 2.88. The van der Waals surface area contributed by atoms with E-state index in [1.54, 1.807) is 45.0 Å². The first-order chi connectivity index (χ1) is 11.7. The highest BCUT2D eigenvalue weighted by Gasteiger charge is 2.22. The average molecular weight is 345 g/mol. The minimum absolute atomic E-state index is 0.125. The van der Waals surface area contributed by atoms with Crippen molar-refractivity contribution < 1.29 is 23.6 Å². The normalized spacial score (nSPS) is 11.2. The van der Waals surface area contributed by atoms with Crippen molar-refractivity contribution in [3.8, 4) is 5.75 Å². The van der Waals surface area contributed by atoms with E-state index in [9.17, 15) is 9.59 Å². The molecule has 2 aromatic rings. The molecular formula is C19H23NO5. The summed E-state index contributed by atoms with van der Waals surface area (Å²) in [5.74, 6) is 0.679. The summed E-state index contributed by atoms with van der Waals surface area (Å²) in [5.41, 5.74) is 1.53. The summed E-state index contributed by atoms with van der Waals surface area (Å²) in [7, 11) is 0. The quantitative estimate of drug-likeness (QED) is 0.744. The van der Waals surface area contributed by atoms with Gasteiger partial charge in [0.05, 0.1) is 16.8 Å². The Morgan fingerprint density at radius 2 is 1.76 bits per heavy atom. The smallest absolute Gasteiger partial charge is 0.338 e. The van der Waals surface area contributed by atoms with Crippen molar-refractivity contribution >= 4 is 11.8 Å². The van der Waals surface area contributed by atoms with Crippen LogP contribution in [0, 0.1) is 19.3 Å². The number of esters is 1. The molecule has 0 saturated carbocycles. The number of carbonyl (C=O) groups excluding carboxylic acids is 2. The number of Topliss-reactive ketones (excluding diaryl/α,β-unsaturated/α-hetero) is 1. The number of rotatable bonds is 6. The monoisotopic (exact) mass is 345 g/mol. The molecule has 0 bridgehead atoms. The van der Waals surface area contributed by atoms with Crippen LogP contribution in [0.25, 0.3) is 0 Å². The zero-order valence-electron chi connectivity index (χ0n) is 15.2. The largest absolute Gasteiger partial charge is 0.489 e. The van der Waals surface area contributed by atoms with E-state index < -0.39 is 11.4 Å². The minimum Gasteiger partial charge on any atom is -0.489 e. The molecule has 1 aromatic heterocycles. The van der Waals surface area contributed by atoms with E-state index in [4.69, 9.17) is 14.0 Å². The summed E-state index contributed by atoms with van der Waals surface area (Å²) in [6.45, 7) is 9.15. The van der Waals surface area contributed by atoms with Gasteiger partial charge in [0.2, 0.25) is 0 Å². The lowest BCUT2D eigenvalue weighted by atomic mass is 9.91. The van der Waals surface area contributed by atoms with Gasteiger partial charge in [-0.2, -0.15) is 0 Å². The first-order valence-electron chi connectivity index (χ1n) is 8.03. The van der Waals surface area contributed by atoms with Gasteiger partial charge in [0.25, 0.3) is 0 Å². The first-order valence-corrected chi connectivity index (χ1v) is 8.03. The SMILES string of the molecule is Cc1noc(C)c1COc1ccc(C(=O)OCC(=O)C(C)(C)C)cc1. The number of ether oxygens (including phenoxy) is 2. The molecular weight excluding hydrogens is 322 g/mol. The fraction of sp³-hybridized carbons (Fsp3) is 0.421. The molecule has 2 rings (SSSR count). The molecule has 0 amide bonds. The number of ketones is 1. The highest BCUT2D eigenvalue weighted by molar-refractivity contribution is 5.92. The predicted molar refractivity (Wildman–Crippen MR) is 91.5 cm³/mol. The fourth-order valence-electron chi connectivity index (χ4n) is 1.98. The van der Waals surface area contributed by atoms with E-state index >= 15 is 0 Å². The molecule has 0 radical (unpaired) electrons. The lowest BCUT2D eigenvalue weighted by Crippen LogP contribution is -2.26. The van der Waals surface area contributed by atoms with E-state index in [0.29, 0.717) is 17.9 Å². The van der Waals surface area contributed by atoms with Crippen LogP contribution in [0.3, 0.4) is 0 Å². The molecule has 0 aliphatic rings. The van der Waals surface area contributed by atoms with E-state index in [-0.39, 0.29) is 12.4 Å². The molecule has 6 heteroatoms. The van der Waals surface area contributed by atoms with Crippen LogP contribution in [0.15, 0.2) is 28.8 Å². The molecule has 0 aliphatic carbocycles. The van der Waals surface area contributed by atoms with Gasteiger partial charge in [-0.25, -0.2) is 4.79 Å². The van der Waals surface area contributed by atoms with Gasteiger partial charge in [-0.05, 0) is 38.1 Å². The predicted octanol–water partition coefficient (Wildman–Crippen LogP) is 3.64.